The molecule has 6 heteroatoms. The van der Waals surface area contributed by atoms with Crippen molar-refractivity contribution in [2.45, 2.75) is 26.0 Å². The Morgan fingerprint density at radius 2 is 2.00 bits per heavy atom. The fourth-order valence-corrected chi connectivity index (χ4v) is 2.59. The number of amides is 2. The smallest absolute Gasteiger partial charge is 0.281 e. The molecule has 0 unspecified atom stereocenters. The summed E-state index contributed by atoms with van der Waals surface area (Å²) >= 11 is 0. The number of fused-ring (bicyclic) bond motifs is 1. The molecule has 0 radical (unpaired) electrons. The number of nitrogens with zero attached hydrogens (tertiary/aromatic N) is 2. The van der Waals surface area contributed by atoms with Crippen molar-refractivity contribution in [1.29, 1.82) is 0 Å². The maximum absolute atomic E-state index is 12.6. The molecule has 1 atom stereocenters. The lowest BCUT2D eigenvalue weighted by molar-refractivity contribution is -0.148. The van der Waals surface area contributed by atoms with Gasteiger partial charge in [-0.15, -0.1) is 0 Å². The first-order valence-electron chi connectivity index (χ1n) is 7.68. The number of nitrogens with one attached hydrogen (secondary N) is 1. The second-order valence-corrected chi connectivity index (χ2v) is 5.99. The fourth-order valence-electron chi connectivity index (χ4n) is 2.59. The molecule has 1 aliphatic rings. The van der Waals surface area contributed by atoms with Gasteiger partial charge in [0, 0.05) is 19.8 Å². The van der Waals surface area contributed by atoms with Crippen molar-refractivity contribution in [2.24, 2.45) is 0 Å². The topological polar surface area (TPSA) is 71.5 Å². The van der Waals surface area contributed by atoms with Gasteiger partial charge in [-0.1, -0.05) is 29.8 Å². The number of carbonyl (C=O) groups excluding carboxylic acids is 2. The Balaban J connectivity index is 1.78. The number of hydrogen-bond donors (Lipinski definition) is 1. The maximum Gasteiger partial charge on any atom is 0.281 e. The van der Waals surface area contributed by atoms with E-state index in [9.17, 15) is 9.59 Å². The van der Waals surface area contributed by atoms with Crippen LogP contribution < -0.4 is 15.0 Å². The lowest BCUT2D eigenvalue weighted by Gasteiger charge is -2.36. The number of aryl methyl sites for hydroxylation is 1. The molecule has 2 heterocycles. The van der Waals surface area contributed by atoms with Crippen molar-refractivity contribution in [1.82, 2.24) is 10.3 Å². The van der Waals surface area contributed by atoms with Crippen molar-refractivity contribution >= 4 is 17.6 Å². The highest BCUT2D eigenvalue weighted by Crippen LogP contribution is 2.34. The SMILES string of the molecule is Cc1ccc(CNC(=O)[C@]2(C)Oc3cccnc3N(C)C2=O)cc1. The third-order valence-corrected chi connectivity index (χ3v) is 4.10. The summed E-state index contributed by atoms with van der Waals surface area (Å²) in [4.78, 5) is 30.7. The molecule has 3 rings (SSSR count). The normalized spacial score (nSPS) is 19.5. The zero-order chi connectivity index (χ0) is 17.3. The van der Waals surface area contributed by atoms with Gasteiger partial charge in [-0.3, -0.25) is 14.5 Å². The van der Waals surface area contributed by atoms with Crippen LogP contribution in [0.4, 0.5) is 5.82 Å². The second kappa shape index (κ2) is 5.96. The van der Waals surface area contributed by atoms with Gasteiger partial charge in [-0.25, -0.2) is 4.98 Å². The molecule has 1 aliphatic heterocycles. The van der Waals surface area contributed by atoms with Gasteiger partial charge in [0.1, 0.15) is 0 Å². The van der Waals surface area contributed by atoms with Crippen LogP contribution in [0.1, 0.15) is 18.1 Å². The first kappa shape index (κ1) is 16.0. The van der Waals surface area contributed by atoms with Crippen LogP contribution in [0.25, 0.3) is 0 Å². The molecule has 2 aromatic rings. The van der Waals surface area contributed by atoms with Crippen LogP contribution in [0.3, 0.4) is 0 Å². The average molecular weight is 325 g/mol. The maximum atomic E-state index is 12.6. The van der Waals surface area contributed by atoms with Gasteiger partial charge in [-0.2, -0.15) is 0 Å². The second-order valence-electron chi connectivity index (χ2n) is 5.99. The number of benzene rings is 1. The molecule has 0 saturated carbocycles. The van der Waals surface area contributed by atoms with Crippen molar-refractivity contribution in [3.63, 3.8) is 0 Å². The Morgan fingerprint density at radius 1 is 1.29 bits per heavy atom. The van der Waals surface area contributed by atoms with Gasteiger partial charge < -0.3 is 10.1 Å². The van der Waals surface area contributed by atoms with Crippen molar-refractivity contribution in [3.8, 4) is 5.75 Å². The van der Waals surface area contributed by atoms with E-state index in [-0.39, 0.29) is 0 Å². The summed E-state index contributed by atoms with van der Waals surface area (Å²) < 4.78 is 5.71. The average Bonchev–Trinajstić information content (AvgIpc) is 2.59. The van der Waals surface area contributed by atoms with E-state index >= 15 is 0 Å². The molecule has 1 N–H and O–H groups in total. The number of anilines is 1. The highest BCUT2D eigenvalue weighted by molar-refractivity contribution is 6.15. The Bertz CT molecular complexity index is 788. The number of rotatable bonds is 3. The van der Waals surface area contributed by atoms with Gasteiger partial charge in [0.05, 0.1) is 0 Å². The molecule has 0 bridgehead atoms. The van der Waals surface area contributed by atoms with Gasteiger partial charge in [-0.05, 0) is 31.5 Å². The summed E-state index contributed by atoms with van der Waals surface area (Å²) in [5.41, 5.74) is 0.486. The number of aromatic nitrogens is 1. The van der Waals surface area contributed by atoms with E-state index in [2.05, 4.69) is 10.3 Å². The molecule has 24 heavy (non-hydrogen) atoms. The van der Waals surface area contributed by atoms with E-state index in [0.717, 1.165) is 11.1 Å². The number of likely N-dealkylation sites (N-methyl/N-ethyl adjacent to an activating group) is 1. The van der Waals surface area contributed by atoms with Crippen LogP contribution in [-0.2, 0) is 16.1 Å². The predicted octanol–water partition coefficient (Wildman–Crippen LogP) is 1.82. The highest BCUT2D eigenvalue weighted by atomic mass is 16.5. The molecule has 0 aliphatic carbocycles. The fraction of sp³-hybridized carbons (Fsp3) is 0.278. The summed E-state index contributed by atoms with van der Waals surface area (Å²) in [6, 6.07) is 11.2. The van der Waals surface area contributed by atoms with E-state index < -0.39 is 17.4 Å². The van der Waals surface area contributed by atoms with E-state index in [4.69, 9.17) is 4.74 Å². The lowest BCUT2D eigenvalue weighted by Crippen LogP contribution is -2.61. The van der Waals surface area contributed by atoms with Gasteiger partial charge in [0.25, 0.3) is 17.4 Å². The van der Waals surface area contributed by atoms with Gasteiger partial charge in [0.2, 0.25) is 0 Å². The number of ether oxygens (including phenoxy) is 1. The molecule has 0 fully saturated rings. The minimum atomic E-state index is -1.62. The van der Waals surface area contributed by atoms with E-state index in [1.807, 2.05) is 31.2 Å². The standard InChI is InChI=1S/C18H19N3O3/c1-12-6-8-13(9-7-12)11-20-16(22)18(2)17(23)21(3)15-14(24-18)5-4-10-19-15/h4-10H,11H2,1-3H3,(H,20,22)/t18-/m0/s1. The van der Waals surface area contributed by atoms with Crippen LogP contribution >= 0.6 is 0 Å². The highest BCUT2D eigenvalue weighted by Gasteiger charge is 2.50. The summed E-state index contributed by atoms with van der Waals surface area (Å²) in [5.74, 6) is -0.108. The monoisotopic (exact) mass is 325 g/mol. The van der Waals surface area contributed by atoms with Crippen LogP contribution in [0.5, 0.6) is 5.75 Å². The summed E-state index contributed by atoms with van der Waals surface area (Å²) in [7, 11) is 1.59. The molecule has 0 spiro atoms. The Hall–Kier alpha value is -2.89. The van der Waals surface area contributed by atoms with E-state index in [0.29, 0.717) is 18.1 Å². The summed E-state index contributed by atoms with van der Waals surface area (Å²) in [6.45, 7) is 3.81. The Labute approximate surface area is 140 Å². The number of carbonyl (C=O) groups is 2. The molecule has 1 aromatic carbocycles. The van der Waals surface area contributed by atoms with E-state index in [1.54, 1.807) is 25.4 Å². The van der Waals surface area contributed by atoms with Crippen molar-refractivity contribution in [2.75, 3.05) is 11.9 Å². The molecule has 6 nitrogen and oxygen atoms in total. The zero-order valence-corrected chi connectivity index (χ0v) is 13.9. The molecule has 2 amide bonds. The van der Waals surface area contributed by atoms with Gasteiger partial charge >= 0.3 is 0 Å². The third-order valence-electron chi connectivity index (χ3n) is 4.10. The van der Waals surface area contributed by atoms with E-state index in [1.165, 1.54) is 11.8 Å². The minimum absolute atomic E-state index is 0.328. The van der Waals surface area contributed by atoms with Crippen molar-refractivity contribution < 1.29 is 14.3 Å². The van der Waals surface area contributed by atoms with Crippen LogP contribution in [-0.4, -0.2) is 29.4 Å². The van der Waals surface area contributed by atoms with Crippen molar-refractivity contribution in [3.05, 3.63) is 53.7 Å². The Morgan fingerprint density at radius 3 is 2.71 bits per heavy atom. The molecular formula is C18H19N3O3. The quantitative estimate of drug-likeness (QED) is 0.874. The molecular weight excluding hydrogens is 306 g/mol. The first-order valence-corrected chi connectivity index (χ1v) is 7.68. The molecule has 0 saturated heterocycles. The predicted molar refractivity (Wildman–Crippen MR) is 89.7 cm³/mol. The van der Waals surface area contributed by atoms with Crippen LogP contribution in [0.15, 0.2) is 42.6 Å². The van der Waals surface area contributed by atoms with Crippen LogP contribution in [0, 0.1) is 6.92 Å². The number of hydrogen-bond acceptors (Lipinski definition) is 4. The Kier molecular flexibility index (Phi) is 3.97. The number of pyridine rings is 1. The summed E-state index contributed by atoms with van der Waals surface area (Å²) in [5, 5.41) is 2.78. The summed E-state index contributed by atoms with van der Waals surface area (Å²) in [6.07, 6.45) is 1.58. The van der Waals surface area contributed by atoms with Crippen LogP contribution in [0.2, 0.25) is 0 Å². The van der Waals surface area contributed by atoms with Gasteiger partial charge in [0.15, 0.2) is 11.6 Å². The lowest BCUT2D eigenvalue weighted by atomic mass is 10.0. The molecule has 124 valence electrons. The minimum Gasteiger partial charge on any atom is -0.464 e. The molecule has 1 aromatic heterocycles. The zero-order valence-electron chi connectivity index (χ0n) is 13.9. The largest absolute Gasteiger partial charge is 0.464 e. The first-order chi connectivity index (χ1) is 11.4. The third kappa shape index (κ3) is 2.71.